The number of β-amino-alcohol motifs (C(OH)–C–C–N with tert-alkyl or cyclic N) is 1. The van der Waals surface area contributed by atoms with Crippen LogP contribution in [-0.4, -0.2) is 44.2 Å². The van der Waals surface area contributed by atoms with Crippen molar-refractivity contribution in [2.24, 2.45) is 5.92 Å². The fourth-order valence-electron chi connectivity index (χ4n) is 3.66. The average Bonchev–Trinajstić information content (AvgIpc) is 3.07. The van der Waals surface area contributed by atoms with E-state index >= 15 is 0 Å². The fraction of sp³-hybridized carbons (Fsp3) is 0.318. The van der Waals surface area contributed by atoms with Crippen LogP contribution in [0.4, 0.5) is 5.95 Å². The molecule has 1 saturated heterocycles. The second-order valence-electron chi connectivity index (χ2n) is 7.34. The predicted molar refractivity (Wildman–Crippen MR) is 109 cm³/mol. The Balaban J connectivity index is 1.28. The third kappa shape index (κ3) is 4.91. The number of likely N-dealkylation sites (tertiary alicyclic amines) is 1. The molecule has 0 amide bonds. The quantitative estimate of drug-likeness (QED) is 0.661. The van der Waals surface area contributed by atoms with Crippen LogP contribution in [0.1, 0.15) is 16.7 Å². The molecule has 2 atom stereocenters. The molecule has 0 saturated carbocycles. The van der Waals surface area contributed by atoms with E-state index in [1.807, 2.05) is 42.7 Å². The minimum atomic E-state index is -0.305. The predicted octanol–water partition coefficient (Wildman–Crippen LogP) is 2.52. The molecule has 144 valence electrons. The number of nitrogens with zero attached hydrogens (tertiary/aromatic N) is 4. The minimum absolute atomic E-state index is 0.245. The number of pyridine rings is 1. The van der Waals surface area contributed by atoms with Crippen LogP contribution in [0.3, 0.4) is 0 Å². The van der Waals surface area contributed by atoms with E-state index < -0.39 is 0 Å². The highest BCUT2D eigenvalue weighted by atomic mass is 16.3. The van der Waals surface area contributed by atoms with Crippen molar-refractivity contribution in [1.82, 2.24) is 19.9 Å². The van der Waals surface area contributed by atoms with E-state index in [1.165, 1.54) is 11.1 Å². The van der Waals surface area contributed by atoms with Crippen LogP contribution in [0.25, 0.3) is 0 Å². The summed E-state index contributed by atoms with van der Waals surface area (Å²) in [5.41, 5.74) is 3.47. The van der Waals surface area contributed by atoms with Gasteiger partial charge in [0.15, 0.2) is 0 Å². The molecule has 0 aliphatic carbocycles. The molecule has 28 heavy (non-hydrogen) atoms. The zero-order valence-electron chi connectivity index (χ0n) is 15.8. The summed E-state index contributed by atoms with van der Waals surface area (Å²) in [6.45, 7) is 3.01. The summed E-state index contributed by atoms with van der Waals surface area (Å²) in [5.74, 6) is 0.875. The van der Waals surface area contributed by atoms with Crippen molar-refractivity contribution >= 4 is 5.95 Å². The van der Waals surface area contributed by atoms with Crippen molar-refractivity contribution in [2.45, 2.75) is 25.6 Å². The molecule has 4 rings (SSSR count). The number of anilines is 1. The third-order valence-electron chi connectivity index (χ3n) is 5.13. The first kappa shape index (κ1) is 18.5. The number of benzene rings is 1. The van der Waals surface area contributed by atoms with Crippen LogP contribution in [-0.2, 0) is 19.5 Å². The van der Waals surface area contributed by atoms with Gasteiger partial charge in [0.25, 0.3) is 0 Å². The monoisotopic (exact) mass is 375 g/mol. The zero-order valence-corrected chi connectivity index (χ0v) is 15.8. The molecule has 2 N–H and O–H groups in total. The summed E-state index contributed by atoms with van der Waals surface area (Å²) < 4.78 is 0. The van der Waals surface area contributed by atoms with Gasteiger partial charge in [0.1, 0.15) is 0 Å². The van der Waals surface area contributed by atoms with Gasteiger partial charge >= 0.3 is 0 Å². The van der Waals surface area contributed by atoms with E-state index in [9.17, 15) is 5.11 Å². The lowest BCUT2D eigenvalue weighted by Gasteiger charge is -2.15. The van der Waals surface area contributed by atoms with Gasteiger partial charge in [-0.25, -0.2) is 9.97 Å². The maximum absolute atomic E-state index is 10.4. The molecule has 1 aromatic carbocycles. The van der Waals surface area contributed by atoms with Crippen LogP contribution in [0, 0.1) is 5.92 Å². The van der Waals surface area contributed by atoms with Gasteiger partial charge in [-0.1, -0.05) is 30.3 Å². The van der Waals surface area contributed by atoms with E-state index in [0.717, 1.165) is 25.1 Å². The molecule has 0 unspecified atom stereocenters. The first-order valence-electron chi connectivity index (χ1n) is 9.64. The molecule has 3 aromatic rings. The maximum Gasteiger partial charge on any atom is 0.222 e. The number of rotatable bonds is 7. The Bertz CT molecular complexity index is 857. The molecule has 6 heteroatoms. The minimum Gasteiger partial charge on any atom is -0.391 e. The number of hydrogen-bond acceptors (Lipinski definition) is 6. The van der Waals surface area contributed by atoms with Crippen LogP contribution in [0.2, 0.25) is 0 Å². The normalized spacial score (nSPS) is 19.6. The van der Waals surface area contributed by atoms with E-state index in [2.05, 4.69) is 37.3 Å². The van der Waals surface area contributed by atoms with E-state index in [-0.39, 0.29) is 12.0 Å². The third-order valence-corrected chi connectivity index (χ3v) is 5.13. The van der Waals surface area contributed by atoms with Crippen molar-refractivity contribution in [3.05, 3.63) is 83.9 Å². The van der Waals surface area contributed by atoms with Gasteiger partial charge in [-0.05, 0) is 29.7 Å². The highest BCUT2D eigenvalue weighted by molar-refractivity contribution is 5.28. The van der Waals surface area contributed by atoms with Gasteiger partial charge in [0, 0.05) is 62.4 Å². The Morgan fingerprint density at radius 1 is 0.929 bits per heavy atom. The molecule has 2 aromatic heterocycles. The number of aliphatic hydroxyl groups excluding tert-OH is 1. The Kier molecular flexibility index (Phi) is 5.89. The van der Waals surface area contributed by atoms with Gasteiger partial charge < -0.3 is 10.4 Å². The smallest absolute Gasteiger partial charge is 0.222 e. The Labute approximate surface area is 165 Å². The number of aromatic nitrogens is 3. The highest BCUT2D eigenvalue weighted by Gasteiger charge is 2.31. The SMILES string of the molecule is O[C@H]1CN(Cc2cnc(NCc3ccccc3)nc2)C[C@H]1Cc1ccncc1. The summed E-state index contributed by atoms with van der Waals surface area (Å²) in [7, 11) is 0. The second kappa shape index (κ2) is 8.91. The van der Waals surface area contributed by atoms with E-state index in [1.54, 1.807) is 12.4 Å². The summed E-state index contributed by atoms with van der Waals surface area (Å²) in [6.07, 6.45) is 7.91. The van der Waals surface area contributed by atoms with Gasteiger partial charge in [-0.2, -0.15) is 0 Å². The van der Waals surface area contributed by atoms with Crippen LogP contribution in [0.5, 0.6) is 0 Å². The fourth-order valence-corrected chi connectivity index (χ4v) is 3.66. The van der Waals surface area contributed by atoms with E-state index in [0.29, 0.717) is 19.0 Å². The summed E-state index contributed by atoms with van der Waals surface area (Å²) >= 11 is 0. The molecular formula is C22H25N5O. The van der Waals surface area contributed by atoms with E-state index in [4.69, 9.17) is 0 Å². The molecule has 6 nitrogen and oxygen atoms in total. The first-order valence-corrected chi connectivity index (χ1v) is 9.64. The van der Waals surface area contributed by atoms with Gasteiger partial charge in [0.2, 0.25) is 5.95 Å². The van der Waals surface area contributed by atoms with Crippen LogP contribution >= 0.6 is 0 Å². The molecular weight excluding hydrogens is 350 g/mol. The van der Waals surface area contributed by atoms with Crippen LogP contribution < -0.4 is 5.32 Å². The topological polar surface area (TPSA) is 74.2 Å². The second-order valence-corrected chi connectivity index (χ2v) is 7.34. The lowest BCUT2D eigenvalue weighted by Crippen LogP contribution is -2.21. The standard InChI is InChI=1S/C22H25N5O/c28-21-16-27(15-20(21)10-17-6-8-23-9-7-17)14-19-12-25-22(26-13-19)24-11-18-4-2-1-3-5-18/h1-9,12-13,20-21,28H,10-11,14-16H2,(H,24,25,26)/t20-,21+/m1/s1. The average molecular weight is 375 g/mol. The lowest BCUT2D eigenvalue weighted by molar-refractivity contribution is 0.141. The first-order chi connectivity index (χ1) is 13.8. The number of nitrogens with one attached hydrogen (secondary N) is 1. The lowest BCUT2D eigenvalue weighted by atomic mass is 9.97. The summed E-state index contributed by atoms with van der Waals surface area (Å²) in [6, 6.07) is 14.2. The van der Waals surface area contributed by atoms with Gasteiger partial charge in [-0.15, -0.1) is 0 Å². The van der Waals surface area contributed by atoms with Crippen molar-refractivity contribution in [2.75, 3.05) is 18.4 Å². The highest BCUT2D eigenvalue weighted by Crippen LogP contribution is 2.22. The number of hydrogen-bond donors (Lipinski definition) is 2. The molecule has 1 fully saturated rings. The van der Waals surface area contributed by atoms with Crippen molar-refractivity contribution in [3.8, 4) is 0 Å². The molecule has 0 spiro atoms. The molecule has 3 heterocycles. The van der Waals surface area contributed by atoms with Gasteiger partial charge in [0.05, 0.1) is 6.10 Å². The molecule has 0 radical (unpaired) electrons. The maximum atomic E-state index is 10.4. The molecule has 1 aliphatic rings. The Morgan fingerprint density at radius 3 is 2.43 bits per heavy atom. The Morgan fingerprint density at radius 2 is 1.68 bits per heavy atom. The summed E-state index contributed by atoms with van der Waals surface area (Å²) in [4.78, 5) is 15.2. The Hall–Kier alpha value is -2.83. The van der Waals surface area contributed by atoms with Gasteiger partial charge in [-0.3, -0.25) is 9.88 Å². The van der Waals surface area contributed by atoms with Crippen LogP contribution in [0.15, 0.2) is 67.3 Å². The largest absolute Gasteiger partial charge is 0.391 e. The molecule has 0 bridgehead atoms. The molecule has 1 aliphatic heterocycles. The van der Waals surface area contributed by atoms with Crippen molar-refractivity contribution in [1.29, 1.82) is 0 Å². The number of aliphatic hydroxyl groups is 1. The zero-order chi connectivity index (χ0) is 19.2. The van der Waals surface area contributed by atoms with Crippen molar-refractivity contribution < 1.29 is 5.11 Å². The summed E-state index contributed by atoms with van der Waals surface area (Å²) in [5, 5.41) is 13.7. The van der Waals surface area contributed by atoms with Crippen molar-refractivity contribution in [3.63, 3.8) is 0 Å².